The van der Waals surface area contributed by atoms with E-state index in [1.807, 2.05) is 0 Å². The van der Waals surface area contributed by atoms with E-state index in [1.54, 1.807) is 21.0 Å². The van der Waals surface area contributed by atoms with Gasteiger partial charge in [-0.15, -0.1) is 0 Å². The number of nitriles is 1. The maximum Gasteiger partial charge on any atom is 0.339 e. The van der Waals surface area contributed by atoms with Crippen LogP contribution in [-0.2, 0) is 14.1 Å². The Bertz CT molecular complexity index is 794. The number of nitrogens with zero attached hydrogens (tertiary/aromatic N) is 5. The SMILES string of the molecule is Cc1nn(C)c(Sc2nc(=O)c(=O)[nH]n2C)c1C#N. The lowest BCUT2D eigenvalue weighted by molar-refractivity contribution is 0.593. The zero-order chi connectivity index (χ0) is 14.2. The van der Waals surface area contributed by atoms with Crippen LogP contribution in [0, 0.1) is 18.3 Å². The number of aryl methyl sites for hydroxylation is 3. The van der Waals surface area contributed by atoms with Crippen LogP contribution in [0.5, 0.6) is 0 Å². The molecule has 0 spiro atoms. The van der Waals surface area contributed by atoms with Crippen molar-refractivity contribution in [1.82, 2.24) is 24.5 Å². The molecule has 0 saturated heterocycles. The second-order valence-corrected chi connectivity index (χ2v) is 4.76. The van der Waals surface area contributed by atoms with Crippen molar-refractivity contribution in [3.05, 3.63) is 32.0 Å². The summed E-state index contributed by atoms with van der Waals surface area (Å²) in [5.74, 6) is 0. The summed E-state index contributed by atoms with van der Waals surface area (Å²) in [6.45, 7) is 1.72. The summed E-state index contributed by atoms with van der Waals surface area (Å²) in [5, 5.41) is 16.4. The van der Waals surface area contributed by atoms with Gasteiger partial charge in [-0.3, -0.25) is 24.1 Å². The van der Waals surface area contributed by atoms with Crippen LogP contribution in [0.1, 0.15) is 11.3 Å². The molecule has 0 fully saturated rings. The van der Waals surface area contributed by atoms with Gasteiger partial charge >= 0.3 is 11.1 Å². The predicted octanol–water partition coefficient (Wildman–Crippen LogP) is -0.467. The first-order chi connectivity index (χ1) is 8.93. The summed E-state index contributed by atoms with van der Waals surface area (Å²) >= 11 is 1.10. The van der Waals surface area contributed by atoms with Gasteiger partial charge in [-0.05, 0) is 18.7 Å². The lowest BCUT2D eigenvalue weighted by Gasteiger charge is -2.05. The molecule has 2 aromatic heterocycles. The second kappa shape index (κ2) is 4.74. The maximum absolute atomic E-state index is 11.3. The highest BCUT2D eigenvalue weighted by Crippen LogP contribution is 2.28. The number of aromatic amines is 1. The molecule has 0 aliphatic rings. The fraction of sp³-hybridized carbons (Fsp3) is 0.300. The summed E-state index contributed by atoms with van der Waals surface area (Å²) in [7, 11) is 3.26. The van der Waals surface area contributed by atoms with Crippen molar-refractivity contribution in [2.24, 2.45) is 14.1 Å². The molecule has 19 heavy (non-hydrogen) atoms. The Hall–Kier alpha value is -2.34. The molecule has 0 unspecified atom stereocenters. The van der Waals surface area contributed by atoms with Crippen molar-refractivity contribution in [2.45, 2.75) is 17.1 Å². The number of H-pyrrole nitrogens is 1. The number of aromatic nitrogens is 5. The number of nitrogens with one attached hydrogen (secondary N) is 1. The lowest BCUT2D eigenvalue weighted by Crippen LogP contribution is -2.33. The van der Waals surface area contributed by atoms with Crippen LogP contribution in [0.4, 0.5) is 0 Å². The van der Waals surface area contributed by atoms with Crippen LogP contribution in [0.25, 0.3) is 0 Å². The molecule has 0 bridgehead atoms. The van der Waals surface area contributed by atoms with Crippen molar-refractivity contribution >= 4 is 11.8 Å². The van der Waals surface area contributed by atoms with Crippen LogP contribution >= 0.6 is 11.8 Å². The zero-order valence-electron chi connectivity index (χ0n) is 10.5. The van der Waals surface area contributed by atoms with Crippen molar-refractivity contribution in [1.29, 1.82) is 5.26 Å². The molecule has 0 radical (unpaired) electrons. The van der Waals surface area contributed by atoms with Gasteiger partial charge in [0.1, 0.15) is 16.7 Å². The summed E-state index contributed by atoms with van der Waals surface area (Å²) in [4.78, 5) is 26.0. The van der Waals surface area contributed by atoms with Crippen LogP contribution in [0.3, 0.4) is 0 Å². The van der Waals surface area contributed by atoms with E-state index in [4.69, 9.17) is 5.26 Å². The molecule has 0 saturated carbocycles. The normalized spacial score (nSPS) is 10.4. The average molecular weight is 278 g/mol. The second-order valence-electron chi connectivity index (χ2n) is 3.80. The molecule has 1 N–H and O–H groups in total. The topological polar surface area (TPSA) is 109 Å². The largest absolute Gasteiger partial charge is 0.339 e. The minimum Gasteiger partial charge on any atom is -0.265 e. The fourth-order valence-electron chi connectivity index (χ4n) is 1.52. The smallest absolute Gasteiger partial charge is 0.265 e. The molecule has 2 aromatic rings. The quantitative estimate of drug-likeness (QED) is 0.744. The van der Waals surface area contributed by atoms with Gasteiger partial charge in [0, 0.05) is 14.1 Å². The summed E-state index contributed by atoms with van der Waals surface area (Å²) < 4.78 is 2.87. The first-order valence-electron chi connectivity index (χ1n) is 5.23. The van der Waals surface area contributed by atoms with E-state index in [0.29, 0.717) is 16.3 Å². The number of rotatable bonds is 2. The van der Waals surface area contributed by atoms with Crippen LogP contribution in [0.15, 0.2) is 19.8 Å². The molecule has 9 heteroatoms. The van der Waals surface area contributed by atoms with E-state index in [-0.39, 0.29) is 5.16 Å². The predicted molar refractivity (Wildman–Crippen MR) is 66.9 cm³/mol. The van der Waals surface area contributed by atoms with Crippen LogP contribution in [0.2, 0.25) is 0 Å². The molecule has 0 aliphatic carbocycles. The van der Waals surface area contributed by atoms with E-state index < -0.39 is 11.1 Å². The highest BCUT2D eigenvalue weighted by molar-refractivity contribution is 7.99. The molecule has 0 amide bonds. The maximum atomic E-state index is 11.3. The van der Waals surface area contributed by atoms with Crippen LogP contribution in [-0.4, -0.2) is 24.5 Å². The minimum absolute atomic E-state index is 0.282. The van der Waals surface area contributed by atoms with E-state index in [0.717, 1.165) is 11.8 Å². The molecule has 8 nitrogen and oxygen atoms in total. The summed E-state index contributed by atoms with van der Waals surface area (Å²) in [6.07, 6.45) is 0. The van der Waals surface area contributed by atoms with Gasteiger partial charge in [0.05, 0.1) is 5.69 Å². The lowest BCUT2D eigenvalue weighted by atomic mass is 10.3. The monoisotopic (exact) mass is 278 g/mol. The van der Waals surface area contributed by atoms with E-state index >= 15 is 0 Å². The van der Waals surface area contributed by atoms with Crippen molar-refractivity contribution < 1.29 is 0 Å². The highest BCUT2D eigenvalue weighted by atomic mass is 32.2. The third-order valence-corrected chi connectivity index (χ3v) is 3.63. The molecule has 0 aliphatic heterocycles. The van der Waals surface area contributed by atoms with Gasteiger partial charge in [0.2, 0.25) is 0 Å². The van der Waals surface area contributed by atoms with Crippen molar-refractivity contribution in [3.63, 3.8) is 0 Å². The molecule has 0 atom stereocenters. The average Bonchev–Trinajstić information content (AvgIpc) is 2.60. The number of hydrogen-bond acceptors (Lipinski definition) is 6. The third kappa shape index (κ3) is 2.30. The molecule has 0 aromatic carbocycles. The third-order valence-electron chi connectivity index (χ3n) is 2.42. The Kier molecular flexibility index (Phi) is 3.26. The standard InChI is InChI=1S/C10H10N6O2S/c1-5-6(4-11)9(15(2)13-5)19-10-12-7(17)8(18)14-16(10)3/h1-3H3,(H,14,18). The Morgan fingerprint density at radius 2 is 2.05 bits per heavy atom. The van der Waals surface area contributed by atoms with E-state index in [1.165, 1.54) is 9.36 Å². The molecule has 2 heterocycles. The van der Waals surface area contributed by atoms with Gasteiger partial charge in [-0.2, -0.15) is 15.3 Å². The first-order valence-corrected chi connectivity index (χ1v) is 6.04. The Morgan fingerprint density at radius 1 is 1.37 bits per heavy atom. The molecular weight excluding hydrogens is 268 g/mol. The summed E-state index contributed by atoms with van der Waals surface area (Å²) in [5.41, 5.74) is -0.624. The van der Waals surface area contributed by atoms with Gasteiger partial charge in [-0.1, -0.05) is 0 Å². The van der Waals surface area contributed by atoms with Gasteiger partial charge in [-0.25, -0.2) is 0 Å². The van der Waals surface area contributed by atoms with Crippen molar-refractivity contribution in [3.8, 4) is 6.07 Å². The highest BCUT2D eigenvalue weighted by Gasteiger charge is 2.16. The zero-order valence-corrected chi connectivity index (χ0v) is 11.3. The molecule has 2 rings (SSSR count). The number of hydrogen-bond donors (Lipinski definition) is 1. The van der Waals surface area contributed by atoms with Gasteiger partial charge < -0.3 is 0 Å². The Morgan fingerprint density at radius 3 is 2.68 bits per heavy atom. The summed E-state index contributed by atoms with van der Waals surface area (Å²) in [6, 6.07) is 2.06. The first kappa shape index (κ1) is 13.1. The Labute approximate surface area is 111 Å². The fourth-order valence-corrected chi connectivity index (χ4v) is 2.47. The molecule has 98 valence electrons. The molecular formula is C10H10N6O2S. The van der Waals surface area contributed by atoms with Crippen LogP contribution < -0.4 is 11.1 Å². The van der Waals surface area contributed by atoms with E-state index in [9.17, 15) is 9.59 Å². The van der Waals surface area contributed by atoms with E-state index in [2.05, 4.69) is 21.3 Å². The minimum atomic E-state index is -0.863. The van der Waals surface area contributed by atoms with Crippen molar-refractivity contribution in [2.75, 3.05) is 0 Å². The van der Waals surface area contributed by atoms with Gasteiger partial charge in [0.15, 0.2) is 5.16 Å². The Balaban J connectivity index is 2.54. The van der Waals surface area contributed by atoms with Gasteiger partial charge in [0.25, 0.3) is 0 Å².